The zero-order valence-corrected chi connectivity index (χ0v) is 16.1. The number of rotatable bonds is 6. The number of piperidine rings is 1. The fraction of sp³-hybridized carbons (Fsp3) is 0.625. The molecule has 23 heavy (non-hydrogen) atoms. The van der Waals surface area contributed by atoms with Gasteiger partial charge >= 0.3 is 0 Å². The molecule has 2 aromatic rings. The van der Waals surface area contributed by atoms with E-state index in [2.05, 4.69) is 50.0 Å². The van der Waals surface area contributed by atoms with Crippen molar-refractivity contribution >= 4 is 27.3 Å². The third kappa shape index (κ3) is 4.86. The van der Waals surface area contributed by atoms with Gasteiger partial charge in [-0.1, -0.05) is 5.16 Å². The Morgan fingerprint density at radius 1 is 1.39 bits per heavy atom. The predicted octanol–water partition coefficient (Wildman–Crippen LogP) is 3.72. The van der Waals surface area contributed by atoms with E-state index in [9.17, 15) is 0 Å². The quantitative estimate of drug-likeness (QED) is 0.741. The minimum absolute atomic E-state index is 0.691. The maximum atomic E-state index is 5.42. The lowest BCUT2D eigenvalue weighted by Gasteiger charge is -2.31. The van der Waals surface area contributed by atoms with Crippen molar-refractivity contribution in [2.75, 3.05) is 33.7 Å². The van der Waals surface area contributed by atoms with Crippen LogP contribution in [0, 0.1) is 5.92 Å². The Balaban J connectivity index is 1.48. The minimum Gasteiger partial charge on any atom is -0.338 e. The molecule has 0 spiro atoms. The van der Waals surface area contributed by atoms with Gasteiger partial charge in [0.2, 0.25) is 11.7 Å². The Morgan fingerprint density at radius 2 is 2.17 bits per heavy atom. The summed E-state index contributed by atoms with van der Waals surface area (Å²) in [6.45, 7) is 4.20. The first kappa shape index (κ1) is 17.1. The molecular weight excluding hydrogens is 376 g/mol. The molecule has 1 fully saturated rings. The largest absolute Gasteiger partial charge is 0.338 e. The van der Waals surface area contributed by atoms with Crippen molar-refractivity contribution in [3.8, 4) is 10.7 Å². The molecule has 0 bridgehead atoms. The van der Waals surface area contributed by atoms with E-state index >= 15 is 0 Å². The summed E-state index contributed by atoms with van der Waals surface area (Å²) in [5.41, 5.74) is 0. The number of likely N-dealkylation sites (tertiary alicyclic amines) is 1. The molecule has 3 rings (SSSR count). The van der Waals surface area contributed by atoms with Crippen LogP contribution in [0.5, 0.6) is 0 Å². The van der Waals surface area contributed by atoms with E-state index in [-0.39, 0.29) is 0 Å². The topological polar surface area (TPSA) is 45.4 Å². The fourth-order valence-electron chi connectivity index (χ4n) is 2.91. The maximum Gasteiger partial charge on any atom is 0.241 e. The first-order chi connectivity index (χ1) is 11.1. The van der Waals surface area contributed by atoms with Crippen molar-refractivity contribution < 1.29 is 4.52 Å². The summed E-state index contributed by atoms with van der Waals surface area (Å²) < 4.78 is 6.48. The fourth-order valence-corrected chi connectivity index (χ4v) is 4.27. The summed E-state index contributed by atoms with van der Waals surface area (Å²) in [5.74, 6) is 2.27. The highest BCUT2D eigenvalue weighted by atomic mass is 79.9. The van der Waals surface area contributed by atoms with E-state index in [1.165, 1.54) is 25.8 Å². The number of hydrogen-bond donors (Lipinski definition) is 0. The van der Waals surface area contributed by atoms with Crippen molar-refractivity contribution in [3.05, 3.63) is 21.8 Å². The SMILES string of the molecule is CN(C)CCC1CCN(Cc2nc(-c3cc(Br)cs3)no2)CC1. The van der Waals surface area contributed by atoms with Gasteiger partial charge < -0.3 is 9.42 Å². The summed E-state index contributed by atoms with van der Waals surface area (Å²) in [4.78, 5) is 10.3. The average molecular weight is 399 g/mol. The van der Waals surface area contributed by atoms with Crippen LogP contribution >= 0.6 is 27.3 Å². The molecule has 1 aliphatic rings. The van der Waals surface area contributed by atoms with Gasteiger partial charge in [0.05, 0.1) is 11.4 Å². The van der Waals surface area contributed by atoms with Gasteiger partial charge in [-0.25, -0.2) is 0 Å². The van der Waals surface area contributed by atoms with E-state index in [1.54, 1.807) is 11.3 Å². The molecule has 1 saturated heterocycles. The van der Waals surface area contributed by atoms with Gasteiger partial charge in [0.25, 0.3) is 0 Å². The molecule has 5 nitrogen and oxygen atoms in total. The highest BCUT2D eigenvalue weighted by Gasteiger charge is 2.21. The van der Waals surface area contributed by atoms with Crippen molar-refractivity contribution in [2.45, 2.75) is 25.8 Å². The molecule has 2 aromatic heterocycles. The van der Waals surface area contributed by atoms with Crippen LogP contribution in [0.4, 0.5) is 0 Å². The molecular formula is C16H23BrN4OS. The van der Waals surface area contributed by atoms with Crippen LogP contribution in [0.15, 0.2) is 20.4 Å². The van der Waals surface area contributed by atoms with E-state index in [1.807, 2.05) is 11.4 Å². The molecule has 0 aliphatic carbocycles. The summed E-state index contributed by atoms with van der Waals surface area (Å²) in [6.07, 6.45) is 3.85. The zero-order chi connectivity index (χ0) is 16.2. The Bertz CT molecular complexity index is 619. The molecule has 0 saturated carbocycles. The van der Waals surface area contributed by atoms with Gasteiger partial charge in [-0.15, -0.1) is 11.3 Å². The van der Waals surface area contributed by atoms with Crippen LogP contribution in [-0.2, 0) is 6.54 Å². The molecule has 0 aromatic carbocycles. The molecule has 3 heterocycles. The summed E-state index contributed by atoms with van der Waals surface area (Å²) >= 11 is 5.08. The predicted molar refractivity (Wildman–Crippen MR) is 96.5 cm³/mol. The van der Waals surface area contributed by atoms with Gasteiger partial charge in [-0.05, 0) is 80.9 Å². The minimum atomic E-state index is 0.691. The Kier molecular flexibility index (Phi) is 5.85. The first-order valence-electron chi connectivity index (χ1n) is 8.04. The van der Waals surface area contributed by atoms with Crippen LogP contribution < -0.4 is 0 Å². The molecule has 0 N–H and O–H groups in total. The van der Waals surface area contributed by atoms with E-state index < -0.39 is 0 Å². The normalized spacial score (nSPS) is 17.2. The van der Waals surface area contributed by atoms with Crippen LogP contribution in [0.2, 0.25) is 0 Å². The number of thiophene rings is 1. The van der Waals surface area contributed by atoms with Crippen LogP contribution in [0.25, 0.3) is 10.7 Å². The lowest BCUT2D eigenvalue weighted by atomic mass is 9.93. The first-order valence-corrected chi connectivity index (χ1v) is 9.71. The lowest BCUT2D eigenvalue weighted by molar-refractivity contribution is 0.150. The zero-order valence-electron chi connectivity index (χ0n) is 13.7. The highest BCUT2D eigenvalue weighted by molar-refractivity contribution is 9.10. The van der Waals surface area contributed by atoms with Crippen molar-refractivity contribution in [1.82, 2.24) is 19.9 Å². The molecule has 0 amide bonds. The number of nitrogens with zero attached hydrogens (tertiary/aromatic N) is 4. The number of hydrogen-bond acceptors (Lipinski definition) is 6. The van der Waals surface area contributed by atoms with Gasteiger partial charge in [-0.3, -0.25) is 4.90 Å². The second kappa shape index (κ2) is 7.88. The molecule has 1 aliphatic heterocycles. The van der Waals surface area contributed by atoms with Crippen LogP contribution in [0.3, 0.4) is 0 Å². The third-order valence-electron chi connectivity index (χ3n) is 4.31. The van der Waals surface area contributed by atoms with Gasteiger partial charge in [0, 0.05) is 9.85 Å². The van der Waals surface area contributed by atoms with Gasteiger partial charge in [-0.2, -0.15) is 4.98 Å². The summed E-state index contributed by atoms with van der Waals surface area (Å²) in [7, 11) is 4.29. The average Bonchev–Trinajstić information content (AvgIpc) is 3.15. The molecule has 0 unspecified atom stereocenters. The Labute approximate surface area is 149 Å². The lowest BCUT2D eigenvalue weighted by Crippen LogP contribution is -2.34. The van der Waals surface area contributed by atoms with Crippen LogP contribution in [0.1, 0.15) is 25.2 Å². The van der Waals surface area contributed by atoms with Crippen molar-refractivity contribution in [3.63, 3.8) is 0 Å². The van der Waals surface area contributed by atoms with Crippen LogP contribution in [-0.4, -0.2) is 53.7 Å². The Hall–Kier alpha value is -0.760. The number of halogens is 1. The summed E-state index contributed by atoms with van der Waals surface area (Å²) in [6, 6.07) is 2.02. The monoisotopic (exact) mass is 398 g/mol. The molecule has 0 radical (unpaired) electrons. The molecule has 126 valence electrons. The van der Waals surface area contributed by atoms with Crippen molar-refractivity contribution in [1.29, 1.82) is 0 Å². The van der Waals surface area contributed by atoms with E-state index in [0.717, 1.165) is 40.8 Å². The van der Waals surface area contributed by atoms with Gasteiger partial charge in [0.15, 0.2) is 0 Å². The smallest absolute Gasteiger partial charge is 0.241 e. The van der Waals surface area contributed by atoms with Gasteiger partial charge in [0.1, 0.15) is 0 Å². The maximum absolute atomic E-state index is 5.42. The highest BCUT2D eigenvalue weighted by Crippen LogP contribution is 2.28. The third-order valence-corrected chi connectivity index (χ3v) is 5.99. The van der Waals surface area contributed by atoms with Crippen molar-refractivity contribution in [2.24, 2.45) is 5.92 Å². The second-order valence-electron chi connectivity index (χ2n) is 6.45. The summed E-state index contributed by atoms with van der Waals surface area (Å²) in [5, 5.41) is 6.13. The second-order valence-corrected chi connectivity index (χ2v) is 8.28. The van der Waals surface area contributed by atoms with E-state index in [4.69, 9.17) is 4.52 Å². The Morgan fingerprint density at radius 3 is 2.83 bits per heavy atom. The van der Waals surface area contributed by atoms with E-state index in [0.29, 0.717) is 5.82 Å². The standard InChI is InChI=1S/C16H23BrN4OS/c1-20(2)6-3-12-4-7-21(8-5-12)10-15-18-16(19-22-15)14-9-13(17)11-23-14/h9,11-12H,3-8,10H2,1-2H3. The molecule has 0 atom stereocenters. The number of aromatic nitrogens is 2. The molecule has 7 heteroatoms.